The molecule has 0 aliphatic carbocycles. The summed E-state index contributed by atoms with van der Waals surface area (Å²) in [5.74, 6) is 0. The van der Waals surface area contributed by atoms with Gasteiger partial charge in [-0.3, -0.25) is 0 Å². The molecule has 1 rings (SSSR count). The predicted octanol–water partition coefficient (Wildman–Crippen LogP) is 1.94. The summed E-state index contributed by atoms with van der Waals surface area (Å²) < 4.78 is 2.28. The lowest BCUT2D eigenvalue weighted by Crippen LogP contribution is -2.21. The zero-order valence-electron chi connectivity index (χ0n) is 11.0. The molecule has 0 aliphatic rings. The van der Waals surface area contributed by atoms with Crippen LogP contribution in [0.25, 0.3) is 0 Å². The third kappa shape index (κ3) is 5.33. The van der Waals surface area contributed by atoms with E-state index in [1.807, 2.05) is 0 Å². The maximum atomic E-state index is 3.43. The molecular weight excluding hydrogens is 198 g/mol. The van der Waals surface area contributed by atoms with E-state index in [9.17, 15) is 0 Å². The monoisotopic (exact) mass is 223 g/mol. The van der Waals surface area contributed by atoms with Crippen LogP contribution in [0.4, 0.5) is 0 Å². The molecule has 1 heterocycles. The van der Waals surface area contributed by atoms with Crippen LogP contribution in [0, 0.1) is 0 Å². The molecule has 0 aliphatic heterocycles. The molecule has 0 saturated heterocycles. The first kappa shape index (κ1) is 13.3. The zero-order valence-corrected chi connectivity index (χ0v) is 11.0. The fraction of sp³-hybridized carbons (Fsp3) is 0.692. The second-order valence-corrected chi connectivity index (χ2v) is 4.95. The van der Waals surface area contributed by atoms with Gasteiger partial charge in [-0.1, -0.05) is 13.8 Å². The van der Waals surface area contributed by atoms with Crippen molar-refractivity contribution in [1.82, 2.24) is 14.8 Å². The quantitative estimate of drug-likeness (QED) is 0.762. The van der Waals surface area contributed by atoms with E-state index in [0.29, 0.717) is 6.04 Å². The van der Waals surface area contributed by atoms with Crippen molar-refractivity contribution in [3.63, 3.8) is 0 Å². The molecule has 0 bridgehead atoms. The summed E-state index contributed by atoms with van der Waals surface area (Å²) in [7, 11) is 4.24. The summed E-state index contributed by atoms with van der Waals surface area (Å²) in [4.78, 5) is 2.23. The summed E-state index contributed by atoms with van der Waals surface area (Å²) in [6.45, 7) is 7.58. The summed E-state index contributed by atoms with van der Waals surface area (Å²) in [6.07, 6.45) is 5.62. The van der Waals surface area contributed by atoms with E-state index >= 15 is 0 Å². The number of nitrogens with one attached hydrogen (secondary N) is 1. The number of rotatable bonds is 7. The molecule has 0 saturated carbocycles. The zero-order chi connectivity index (χ0) is 12.0. The van der Waals surface area contributed by atoms with E-state index in [-0.39, 0.29) is 0 Å². The number of hydrogen-bond donors (Lipinski definition) is 1. The Morgan fingerprint density at radius 2 is 2.12 bits per heavy atom. The van der Waals surface area contributed by atoms with E-state index in [1.54, 1.807) is 0 Å². The average Bonchev–Trinajstić information content (AvgIpc) is 2.62. The maximum Gasteiger partial charge on any atom is 0.0231 e. The van der Waals surface area contributed by atoms with Crippen molar-refractivity contribution >= 4 is 0 Å². The highest BCUT2D eigenvalue weighted by Gasteiger charge is 1.98. The highest BCUT2D eigenvalue weighted by atomic mass is 15.1. The standard InChI is InChI=1S/C13H25N3/c1-12(2)14-10-13-6-9-16(11-13)8-5-7-15(3)4/h6,9,11-12,14H,5,7-8,10H2,1-4H3. The average molecular weight is 223 g/mol. The molecule has 0 aromatic carbocycles. The minimum atomic E-state index is 0.553. The Balaban J connectivity index is 2.28. The van der Waals surface area contributed by atoms with Gasteiger partial charge >= 0.3 is 0 Å². The van der Waals surface area contributed by atoms with Gasteiger partial charge in [-0.15, -0.1) is 0 Å². The largest absolute Gasteiger partial charge is 0.354 e. The summed E-state index contributed by atoms with van der Waals surface area (Å²) in [5.41, 5.74) is 1.37. The second-order valence-electron chi connectivity index (χ2n) is 4.95. The summed E-state index contributed by atoms with van der Waals surface area (Å²) in [6, 6.07) is 2.75. The Kier molecular flexibility index (Phi) is 5.56. The van der Waals surface area contributed by atoms with Crippen molar-refractivity contribution in [3.05, 3.63) is 24.0 Å². The third-order valence-corrected chi connectivity index (χ3v) is 2.55. The van der Waals surface area contributed by atoms with Crippen molar-refractivity contribution in [3.8, 4) is 0 Å². The molecule has 0 atom stereocenters. The minimum absolute atomic E-state index is 0.553. The SMILES string of the molecule is CC(C)NCc1ccn(CCCN(C)C)c1. The molecule has 1 N–H and O–H groups in total. The van der Waals surface area contributed by atoms with Crippen LogP contribution in [-0.4, -0.2) is 36.1 Å². The Morgan fingerprint density at radius 1 is 1.38 bits per heavy atom. The number of aryl methyl sites for hydroxylation is 1. The lowest BCUT2D eigenvalue weighted by atomic mass is 10.3. The van der Waals surface area contributed by atoms with E-state index < -0.39 is 0 Å². The van der Waals surface area contributed by atoms with Crippen LogP contribution in [0.1, 0.15) is 25.8 Å². The lowest BCUT2D eigenvalue weighted by Gasteiger charge is -2.09. The van der Waals surface area contributed by atoms with Crippen LogP contribution in [0.5, 0.6) is 0 Å². The fourth-order valence-corrected chi connectivity index (χ4v) is 1.63. The van der Waals surface area contributed by atoms with Crippen molar-refractivity contribution in [2.45, 2.75) is 39.4 Å². The van der Waals surface area contributed by atoms with Crippen LogP contribution in [0.15, 0.2) is 18.5 Å². The van der Waals surface area contributed by atoms with E-state index in [1.165, 1.54) is 12.0 Å². The lowest BCUT2D eigenvalue weighted by molar-refractivity contribution is 0.386. The third-order valence-electron chi connectivity index (χ3n) is 2.55. The molecule has 3 nitrogen and oxygen atoms in total. The van der Waals surface area contributed by atoms with Gasteiger partial charge in [0.15, 0.2) is 0 Å². The van der Waals surface area contributed by atoms with Gasteiger partial charge in [0.1, 0.15) is 0 Å². The van der Waals surface area contributed by atoms with Crippen LogP contribution < -0.4 is 5.32 Å². The van der Waals surface area contributed by atoms with E-state index in [0.717, 1.165) is 19.6 Å². The molecule has 92 valence electrons. The summed E-state index contributed by atoms with van der Waals surface area (Å²) in [5, 5.41) is 3.43. The second kappa shape index (κ2) is 6.71. The molecular formula is C13H25N3. The van der Waals surface area contributed by atoms with Crippen molar-refractivity contribution in [2.24, 2.45) is 0 Å². The van der Waals surface area contributed by atoms with Crippen LogP contribution in [0.2, 0.25) is 0 Å². The fourth-order valence-electron chi connectivity index (χ4n) is 1.63. The topological polar surface area (TPSA) is 20.2 Å². The first-order valence-corrected chi connectivity index (χ1v) is 6.10. The molecule has 1 aromatic rings. The van der Waals surface area contributed by atoms with E-state index in [2.05, 4.69) is 61.2 Å². The maximum absolute atomic E-state index is 3.43. The number of hydrogen-bond acceptors (Lipinski definition) is 2. The molecule has 1 aromatic heterocycles. The predicted molar refractivity (Wildman–Crippen MR) is 69.6 cm³/mol. The van der Waals surface area contributed by atoms with Gasteiger partial charge in [0.25, 0.3) is 0 Å². The van der Waals surface area contributed by atoms with Crippen LogP contribution in [0.3, 0.4) is 0 Å². The van der Waals surface area contributed by atoms with Gasteiger partial charge in [-0.05, 0) is 38.7 Å². The van der Waals surface area contributed by atoms with Crippen LogP contribution in [-0.2, 0) is 13.1 Å². The van der Waals surface area contributed by atoms with Crippen molar-refractivity contribution in [2.75, 3.05) is 20.6 Å². The Morgan fingerprint density at radius 3 is 2.75 bits per heavy atom. The smallest absolute Gasteiger partial charge is 0.0231 e. The minimum Gasteiger partial charge on any atom is -0.354 e. The first-order valence-electron chi connectivity index (χ1n) is 6.10. The molecule has 3 heteroatoms. The Bertz CT molecular complexity index is 289. The Labute approximate surface area is 99.4 Å². The van der Waals surface area contributed by atoms with Gasteiger partial charge in [0.05, 0.1) is 0 Å². The molecule has 16 heavy (non-hydrogen) atoms. The normalized spacial score (nSPS) is 11.6. The van der Waals surface area contributed by atoms with Crippen LogP contribution >= 0.6 is 0 Å². The molecule has 0 spiro atoms. The highest BCUT2D eigenvalue weighted by molar-refractivity contribution is 5.09. The molecule has 0 amide bonds. The molecule has 0 unspecified atom stereocenters. The van der Waals surface area contributed by atoms with Gasteiger partial charge in [0, 0.05) is 31.5 Å². The van der Waals surface area contributed by atoms with Gasteiger partial charge in [-0.25, -0.2) is 0 Å². The van der Waals surface area contributed by atoms with Gasteiger partial charge in [0.2, 0.25) is 0 Å². The van der Waals surface area contributed by atoms with E-state index in [4.69, 9.17) is 0 Å². The first-order chi connectivity index (χ1) is 7.58. The summed E-state index contributed by atoms with van der Waals surface area (Å²) >= 11 is 0. The number of aromatic nitrogens is 1. The van der Waals surface area contributed by atoms with Crippen molar-refractivity contribution < 1.29 is 0 Å². The van der Waals surface area contributed by atoms with Gasteiger partial charge in [-0.2, -0.15) is 0 Å². The molecule has 0 fully saturated rings. The molecule has 0 radical (unpaired) electrons. The van der Waals surface area contributed by atoms with Gasteiger partial charge < -0.3 is 14.8 Å². The number of nitrogens with zero attached hydrogens (tertiary/aromatic N) is 2. The Hall–Kier alpha value is -0.800. The van der Waals surface area contributed by atoms with Crippen molar-refractivity contribution in [1.29, 1.82) is 0 Å². The highest BCUT2D eigenvalue weighted by Crippen LogP contribution is 2.02.